The van der Waals surface area contributed by atoms with E-state index in [9.17, 15) is 19.1 Å². The van der Waals surface area contributed by atoms with Crippen molar-refractivity contribution in [2.45, 2.75) is 13.0 Å². The van der Waals surface area contributed by atoms with Crippen molar-refractivity contribution in [1.82, 2.24) is 19.2 Å². The number of pyridine rings is 1. The Balaban J connectivity index is 1.61. The number of rotatable bonds is 5. The number of likely N-dealkylation sites (tertiary alicyclic amines) is 1. The summed E-state index contributed by atoms with van der Waals surface area (Å²) in [5, 5.41) is 11.4. The van der Waals surface area contributed by atoms with Crippen molar-refractivity contribution in [2.24, 2.45) is 0 Å². The summed E-state index contributed by atoms with van der Waals surface area (Å²) in [6.45, 7) is 5.21. The molecule has 9 heteroatoms. The van der Waals surface area contributed by atoms with Crippen molar-refractivity contribution in [3.05, 3.63) is 77.0 Å². The van der Waals surface area contributed by atoms with E-state index in [1.54, 1.807) is 35.7 Å². The maximum atomic E-state index is 14.2. The third-order valence-corrected chi connectivity index (χ3v) is 6.39. The molecule has 1 atom stereocenters. The van der Waals surface area contributed by atoms with Gasteiger partial charge in [-0.1, -0.05) is 18.2 Å². The first-order valence-electron chi connectivity index (χ1n) is 11.2. The van der Waals surface area contributed by atoms with Gasteiger partial charge in [0.15, 0.2) is 5.76 Å². The molecule has 34 heavy (non-hydrogen) atoms. The summed E-state index contributed by atoms with van der Waals surface area (Å²) in [7, 11) is 0. The monoisotopic (exact) mass is 464 g/mol. The van der Waals surface area contributed by atoms with Crippen molar-refractivity contribution in [1.29, 1.82) is 0 Å². The minimum Gasteiger partial charge on any atom is -0.505 e. The van der Waals surface area contributed by atoms with Crippen LogP contribution in [-0.4, -0.2) is 75.4 Å². The zero-order valence-electron chi connectivity index (χ0n) is 18.8. The number of amides is 1. The van der Waals surface area contributed by atoms with Crippen LogP contribution in [0.25, 0.3) is 11.4 Å². The molecule has 1 aromatic carbocycles. The fraction of sp³-hybridized carbons (Fsp3) is 0.320. The van der Waals surface area contributed by atoms with Gasteiger partial charge in [0.05, 0.1) is 30.5 Å². The van der Waals surface area contributed by atoms with Gasteiger partial charge in [-0.25, -0.2) is 9.37 Å². The van der Waals surface area contributed by atoms with Crippen LogP contribution in [0.3, 0.4) is 0 Å². The number of fused-ring (bicyclic) bond motifs is 1. The second-order valence-corrected chi connectivity index (χ2v) is 8.48. The predicted molar refractivity (Wildman–Crippen MR) is 123 cm³/mol. The number of imidazole rings is 1. The summed E-state index contributed by atoms with van der Waals surface area (Å²) < 4.78 is 21.2. The van der Waals surface area contributed by atoms with Crippen LogP contribution in [0.4, 0.5) is 4.39 Å². The first-order valence-corrected chi connectivity index (χ1v) is 11.2. The van der Waals surface area contributed by atoms with Crippen LogP contribution < -0.4 is 0 Å². The molecule has 2 saturated heterocycles. The quantitative estimate of drug-likeness (QED) is 0.355. The van der Waals surface area contributed by atoms with Gasteiger partial charge in [-0.05, 0) is 36.8 Å². The minimum atomic E-state index is -0.912. The number of nitrogens with zero attached hydrogens (tertiary/aromatic N) is 4. The van der Waals surface area contributed by atoms with Gasteiger partial charge in [0.25, 0.3) is 11.7 Å². The summed E-state index contributed by atoms with van der Waals surface area (Å²) in [4.78, 5) is 34.4. The number of ketones is 1. The maximum Gasteiger partial charge on any atom is 0.295 e. The van der Waals surface area contributed by atoms with Gasteiger partial charge < -0.3 is 14.7 Å². The van der Waals surface area contributed by atoms with E-state index in [0.29, 0.717) is 42.4 Å². The molecule has 5 rings (SSSR count). The number of hydrogen-bond acceptors (Lipinski definition) is 6. The summed E-state index contributed by atoms with van der Waals surface area (Å²) in [5.41, 5.74) is 1.82. The molecule has 0 saturated carbocycles. The molecule has 2 aliphatic rings. The molecule has 0 bridgehead atoms. The number of benzene rings is 1. The molecule has 0 aliphatic carbocycles. The van der Waals surface area contributed by atoms with Gasteiger partial charge >= 0.3 is 0 Å². The number of aromatic nitrogens is 2. The van der Waals surface area contributed by atoms with Crippen LogP contribution in [0.2, 0.25) is 0 Å². The highest BCUT2D eigenvalue weighted by Crippen LogP contribution is 2.40. The zero-order valence-corrected chi connectivity index (χ0v) is 18.8. The summed E-state index contributed by atoms with van der Waals surface area (Å²) in [6, 6.07) is 10.3. The van der Waals surface area contributed by atoms with Gasteiger partial charge in [0.1, 0.15) is 17.2 Å². The highest BCUT2D eigenvalue weighted by Gasteiger charge is 2.46. The van der Waals surface area contributed by atoms with Gasteiger partial charge in [0, 0.05) is 32.4 Å². The van der Waals surface area contributed by atoms with Gasteiger partial charge in [0.2, 0.25) is 0 Å². The number of halogens is 1. The van der Waals surface area contributed by atoms with Crippen molar-refractivity contribution < 1.29 is 23.8 Å². The molecule has 1 N–H and O–H groups in total. The Kier molecular flexibility index (Phi) is 5.89. The second-order valence-electron chi connectivity index (χ2n) is 8.48. The molecular formula is C25H25FN4O4. The number of aliphatic hydroxyl groups is 1. The lowest BCUT2D eigenvalue weighted by atomic mass is 9.96. The Morgan fingerprint density at radius 2 is 1.94 bits per heavy atom. The molecule has 0 unspecified atom stereocenters. The topological polar surface area (TPSA) is 87.4 Å². The lowest BCUT2D eigenvalue weighted by Gasteiger charge is -2.31. The third-order valence-electron chi connectivity index (χ3n) is 6.39. The molecule has 3 aromatic rings. The van der Waals surface area contributed by atoms with E-state index in [0.717, 1.165) is 13.1 Å². The number of hydrogen-bond donors (Lipinski definition) is 1. The number of carbonyl (C=O) groups is 2. The van der Waals surface area contributed by atoms with Crippen LogP contribution in [0.5, 0.6) is 0 Å². The molecule has 4 heterocycles. The number of carbonyl (C=O) groups excluding carboxylic acids is 2. The number of Topliss-reactive ketones (excluding diaryl/α,β-unsaturated/α-hetero) is 1. The van der Waals surface area contributed by atoms with Crippen LogP contribution >= 0.6 is 0 Å². The van der Waals surface area contributed by atoms with E-state index in [2.05, 4.69) is 9.88 Å². The van der Waals surface area contributed by atoms with Gasteiger partial charge in [-0.3, -0.25) is 18.9 Å². The minimum absolute atomic E-state index is 0.0636. The third kappa shape index (κ3) is 3.86. The summed E-state index contributed by atoms with van der Waals surface area (Å²) >= 11 is 0. The van der Waals surface area contributed by atoms with Gasteiger partial charge in [-0.15, -0.1) is 0 Å². The van der Waals surface area contributed by atoms with Crippen molar-refractivity contribution in [2.75, 3.05) is 39.4 Å². The average molecular weight is 464 g/mol. The maximum absolute atomic E-state index is 14.2. The van der Waals surface area contributed by atoms with E-state index in [1.807, 2.05) is 6.07 Å². The van der Waals surface area contributed by atoms with Crippen LogP contribution in [-0.2, 0) is 14.3 Å². The number of aryl methyl sites for hydroxylation is 1. The number of ether oxygens (including phenoxy) is 1. The molecule has 2 aromatic heterocycles. The molecule has 2 fully saturated rings. The highest BCUT2D eigenvalue weighted by atomic mass is 19.1. The van der Waals surface area contributed by atoms with Crippen molar-refractivity contribution in [3.8, 4) is 0 Å². The summed E-state index contributed by atoms with van der Waals surface area (Å²) in [5.74, 6) is -2.31. The normalized spacial score (nSPS) is 21.0. The lowest BCUT2D eigenvalue weighted by molar-refractivity contribution is -0.140. The molecule has 0 spiro atoms. The number of aliphatic hydroxyl groups excluding tert-OH is 1. The second kappa shape index (κ2) is 9.00. The van der Waals surface area contributed by atoms with Crippen molar-refractivity contribution in [3.63, 3.8) is 0 Å². The lowest BCUT2D eigenvalue weighted by Crippen LogP contribution is -2.42. The fourth-order valence-electron chi connectivity index (χ4n) is 4.73. The number of morpholine rings is 1. The smallest absolute Gasteiger partial charge is 0.295 e. The Bertz CT molecular complexity index is 1300. The Morgan fingerprint density at radius 3 is 2.71 bits per heavy atom. The average Bonchev–Trinajstić information content (AvgIpc) is 3.31. The SMILES string of the molecule is Cc1nc2ccccn2c1C(O)=C1C(=O)C(=O)N(CCN2CCOCC2)[C@@H]1c1cccc(F)c1. The molecule has 176 valence electrons. The van der Waals surface area contributed by atoms with Crippen LogP contribution in [0.15, 0.2) is 54.2 Å². The van der Waals surface area contributed by atoms with E-state index >= 15 is 0 Å². The molecule has 8 nitrogen and oxygen atoms in total. The van der Waals surface area contributed by atoms with Crippen LogP contribution in [0.1, 0.15) is 23.0 Å². The zero-order chi connectivity index (χ0) is 23.8. The molecule has 0 radical (unpaired) electrons. The summed E-state index contributed by atoms with van der Waals surface area (Å²) in [6.07, 6.45) is 1.73. The van der Waals surface area contributed by atoms with E-state index < -0.39 is 23.5 Å². The molecule has 2 aliphatic heterocycles. The Labute approximate surface area is 195 Å². The first-order chi connectivity index (χ1) is 16.5. The highest BCUT2D eigenvalue weighted by molar-refractivity contribution is 6.46. The standard InChI is InChI=1S/C25H25FN4O4/c1-16-21(29-8-3-2-7-19(29)27-16)23(31)20-22(17-5-4-6-18(26)15-17)30(25(33)24(20)32)10-9-28-11-13-34-14-12-28/h2-8,15,22,31H,9-14H2,1H3/t22-/m1/s1. The van der Waals surface area contributed by atoms with Gasteiger partial charge in [-0.2, -0.15) is 0 Å². The molecule has 1 amide bonds. The fourth-order valence-corrected chi connectivity index (χ4v) is 4.73. The van der Waals surface area contributed by atoms with E-state index in [1.165, 1.54) is 23.1 Å². The Morgan fingerprint density at radius 1 is 1.15 bits per heavy atom. The first kappa shape index (κ1) is 22.2. The van der Waals surface area contributed by atoms with E-state index in [4.69, 9.17) is 4.74 Å². The van der Waals surface area contributed by atoms with Crippen LogP contribution in [0, 0.1) is 12.7 Å². The Hall–Kier alpha value is -3.56. The predicted octanol–water partition coefficient (Wildman–Crippen LogP) is 2.54. The largest absolute Gasteiger partial charge is 0.505 e. The van der Waals surface area contributed by atoms with E-state index in [-0.39, 0.29) is 17.9 Å². The van der Waals surface area contributed by atoms with Crippen molar-refractivity contribution >= 4 is 23.1 Å². The molecular weight excluding hydrogens is 439 g/mol.